The fraction of sp³-hybridized carbons (Fsp3) is 0.440. The number of urea groups is 1. The Labute approximate surface area is 189 Å². The van der Waals surface area contributed by atoms with E-state index in [1.165, 1.54) is 0 Å². The number of hydrogen-bond acceptors (Lipinski definition) is 4. The molecule has 2 fully saturated rings. The lowest BCUT2D eigenvalue weighted by atomic mass is 9.76. The molecule has 32 heavy (non-hydrogen) atoms. The molecule has 7 heteroatoms. The molecule has 0 radical (unpaired) electrons. The van der Waals surface area contributed by atoms with E-state index in [1.807, 2.05) is 66.5 Å². The number of nitrogens with zero attached hydrogens (tertiary/aromatic N) is 2. The van der Waals surface area contributed by atoms with Gasteiger partial charge in [0.05, 0.1) is 13.2 Å². The monoisotopic (exact) mass is 436 g/mol. The van der Waals surface area contributed by atoms with E-state index in [4.69, 9.17) is 4.74 Å². The van der Waals surface area contributed by atoms with Crippen molar-refractivity contribution in [1.29, 1.82) is 0 Å². The van der Waals surface area contributed by atoms with E-state index in [1.54, 1.807) is 7.11 Å². The van der Waals surface area contributed by atoms with E-state index in [0.717, 1.165) is 42.8 Å². The third kappa shape index (κ3) is 5.05. The molecule has 2 aliphatic rings. The van der Waals surface area contributed by atoms with E-state index < -0.39 is 0 Å². The number of nitrogens with one attached hydrogen (secondary N) is 2. The molecule has 2 aromatic carbocycles. The highest BCUT2D eigenvalue weighted by molar-refractivity contribution is 5.95. The van der Waals surface area contributed by atoms with Crippen molar-refractivity contribution < 1.29 is 14.3 Å². The number of piperidine rings is 1. The molecule has 1 atom stereocenters. The first-order chi connectivity index (χ1) is 15.5. The number of likely N-dealkylation sites (tertiary alicyclic amines) is 2. The molecule has 2 aromatic rings. The summed E-state index contributed by atoms with van der Waals surface area (Å²) in [5, 5.41) is 6.06. The molecule has 7 nitrogen and oxygen atoms in total. The number of carbonyl (C=O) groups is 2. The van der Waals surface area contributed by atoms with E-state index >= 15 is 0 Å². The SMILES string of the molecule is COc1cccc(CNC(=O)N2CCC3(CC2)CC(C(=O)Nc2ccccc2)N(C)C3)c1. The van der Waals surface area contributed by atoms with Gasteiger partial charge >= 0.3 is 6.03 Å². The molecule has 1 unspecified atom stereocenters. The Morgan fingerprint density at radius 1 is 1.09 bits per heavy atom. The number of carbonyl (C=O) groups excluding carboxylic acids is 2. The lowest BCUT2D eigenvalue weighted by Crippen LogP contribution is -2.47. The van der Waals surface area contributed by atoms with Crippen molar-refractivity contribution in [2.45, 2.75) is 31.8 Å². The zero-order chi connectivity index (χ0) is 22.6. The smallest absolute Gasteiger partial charge is 0.317 e. The second kappa shape index (κ2) is 9.61. The minimum absolute atomic E-state index is 0.0348. The van der Waals surface area contributed by atoms with Crippen LogP contribution in [0.5, 0.6) is 5.75 Å². The van der Waals surface area contributed by atoms with Crippen molar-refractivity contribution in [3.8, 4) is 5.75 Å². The lowest BCUT2D eigenvalue weighted by molar-refractivity contribution is -0.120. The second-order valence-corrected chi connectivity index (χ2v) is 8.99. The standard InChI is InChI=1S/C25H32N4O3/c1-28-18-25(16-22(28)23(30)27-20-8-4-3-5-9-20)11-13-29(14-12-25)24(31)26-17-19-7-6-10-21(15-19)32-2/h3-10,15,22H,11-14,16-18H2,1-2H3,(H,26,31)(H,27,30). The summed E-state index contributed by atoms with van der Waals surface area (Å²) < 4.78 is 5.24. The van der Waals surface area contributed by atoms with Crippen molar-refractivity contribution in [1.82, 2.24) is 15.1 Å². The van der Waals surface area contributed by atoms with E-state index in [0.29, 0.717) is 19.6 Å². The number of benzene rings is 2. The Bertz CT molecular complexity index is 941. The predicted molar refractivity (Wildman–Crippen MR) is 125 cm³/mol. The largest absolute Gasteiger partial charge is 0.497 e. The average Bonchev–Trinajstić information content (AvgIpc) is 3.14. The summed E-state index contributed by atoms with van der Waals surface area (Å²) in [5.74, 6) is 0.835. The van der Waals surface area contributed by atoms with Crippen LogP contribution in [-0.4, -0.2) is 61.6 Å². The highest BCUT2D eigenvalue weighted by Crippen LogP contribution is 2.43. The number of methoxy groups -OCH3 is 1. The van der Waals surface area contributed by atoms with Crippen LogP contribution in [0, 0.1) is 5.41 Å². The molecule has 2 N–H and O–H groups in total. The quantitative estimate of drug-likeness (QED) is 0.754. The Morgan fingerprint density at radius 2 is 1.84 bits per heavy atom. The van der Waals surface area contributed by atoms with Crippen molar-refractivity contribution in [3.05, 3.63) is 60.2 Å². The molecular formula is C25H32N4O3. The molecule has 0 aromatic heterocycles. The fourth-order valence-electron chi connectivity index (χ4n) is 4.93. The average molecular weight is 437 g/mol. The molecule has 3 amide bonds. The molecule has 2 aliphatic heterocycles. The summed E-state index contributed by atoms with van der Waals surface area (Å²) in [5.41, 5.74) is 1.93. The molecule has 0 bridgehead atoms. The first kappa shape index (κ1) is 22.1. The summed E-state index contributed by atoms with van der Waals surface area (Å²) in [7, 11) is 3.66. The van der Waals surface area contributed by atoms with Gasteiger partial charge < -0.3 is 20.3 Å². The van der Waals surface area contributed by atoms with Gasteiger partial charge in [-0.3, -0.25) is 9.69 Å². The lowest BCUT2D eigenvalue weighted by Gasteiger charge is -2.39. The van der Waals surface area contributed by atoms with Gasteiger partial charge in [-0.2, -0.15) is 0 Å². The van der Waals surface area contributed by atoms with Gasteiger partial charge in [0.1, 0.15) is 5.75 Å². The van der Waals surface area contributed by atoms with Gasteiger partial charge in [0.2, 0.25) is 5.91 Å². The van der Waals surface area contributed by atoms with Gasteiger partial charge in [0.25, 0.3) is 0 Å². The molecule has 2 saturated heterocycles. The number of amides is 3. The Kier molecular flexibility index (Phi) is 6.65. The minimum atomic E-state index is -0.136. The zero-order valence-electron chi connectivity index (χ0n) is 18.8. The second-order valence-electron chi connectivity index (χ2n) is 8.99. The first-order valence-electron chi connectivity index (χ1n) is 11.2. The van der Waals surface area contributed by atoms with Crippen molar-refractivity contribution in [3.63, 3.8) is 0 Å². The van der Waals surface area contributed by atoms with Crippen molar-refractivity contribution in [2.75, 3.05) is 39.1 Å². The third-order valence-electron chi connectivity index (χ3n) is 6.78. The maximum atomic E-state index is 12.9. The highest BCUT2D eigenvalue weighted by Gasteiger charge is 2.47. The number of para-hydroxylation sites is 1. The highest BCUT2D eigenvalue weighted by atomic mass is 16.5. The summed E-state index contributed by atoms with van der Waals surface area (Å²) >= 11 is 0. The summed E-state index contributed by atoms with van der Waals surface area (Å²) in [6.07, 6.45) is 2.67. The molecule has 170 valence electrons. The number of rotatable bonds is 5. The molecule has 0 saturated carbocycles. The van der Waals surface area contributed by atoms with Crippen LogP contribution in [0.3, 0.4) is 0 Å². The molecular weight excluding hydrogens is 404 g/mol. The predicted octanol–water partition coefficient (Wildman–Crippen LogP) is 3.33. The van der Waals surface area contributed by atoms with Crippen LogP contribution >= 0.6 is 0 Å². The van der Waals surface area contributed by atoms with E-state index in [-0.39, 0.29) is 23.4 Å². The van der Waals surface area contributed by atoms with Gasteiger partial charge in [-0.1, -0.05) is 30.3 Å². The van der Waals surface area contributed by atoms with Gasteiger partial charge in [-0.15, -0.1) is 0 Å². The Morgan fingerprint density at radius 3 is 2.56 bits per heavy atom. The summed E-state index contributed by atoms with van der Waals surface area (Å²) in [6.45, 7) is 2.79. The maximum absolute atomic E-state index is 12.9. The molecule has 0 aliphatic carbocycles. The number of likely N-dealkylation sites (N-methyl/N-ethyl adjacent to an activating group) is 1. The number of ether oxygens (including phenoxy) is 1. The van der Waals surface area contributed by atoms with Crippen molar-refractivity contribution in [2.24, 2.45) is 5.41 Å². The van der Waals surface area contributed by atoms with Gasteiger partial charge in [-0.25, -0.2) is 4.79 Å². The Balaban J connectivity index is 1.28. The van der Waals surface area contributed by atoms with Gasteiger partial charge in [-0.05, 0) is 61.6 Å². The fourth-order valence-corrected chi connectivity index (χ4v) is 4.93. The summed E-state index contributed by atoms with van der Waals surface area (Å²) in [6, 6.07) is 17.1. The number of hydrogen-bond donors (Lipinski definition) is 2. The summed E-state index contributed by atoms with van der Waals surface area (Å²) in [4.78, 5) is 29.6. The number of anilines is 1. The van der Waals surface area contributed by atoms with Crippen molar-refractivity contribution >= 4 is 17.6 Å². The van der Waals surface area contributed by atoms with Crippen LogP contribution in [0.2, 0.25) is 0 Å². The molecule has 4 rings (SSSR count). The topological polar surface area (TPSA) is 73.9 Å². The van der Waals surface area contributed by atoms with Crippen LogP contribution in [0.1, 0.15) is 24.8 Å². The maximum Gasteiger partial charge on any atom is 0.317 e. The zero-order valence-corrected chi connectivity index (χ0v) is 18.8. The van der Waals surface area contributed by atoms with Crippen LogP contribution in [0.25, 0.3) is 0 Å². The van der Waals surface area contributed by atoms with E-state index in [2.05, 4.69) is 15.5 Å². The van der Waals surface area contributed by atoms with Crippen LogP contribution < -0.4 is 15.4 Å². The molecule has 2 heterocycles. The normalized spacial score (nSPS) is 20.2. The van der Waals surface area contributed by atoms with Crippen LogP contribution in [0.15, 0.2) is 54.6 Å². The van der Waals surface area contributed by atoms with Crippen LogP contribution in [-0.2, 0) is 11.3 Å². The van der Waals surface area contributed by atoms with E-state index in [9.17, 15) is 9.59 Å². The Hall–Kier alpha value is -3.06. The first-order valence-corrected chi connectivity index (χ1v) is 11.2. The minimum Gasteiger partial charge on any atom is -0.497 e. The van der Waals surface area contributed by atoms with Crippen LogP contribution in [0.4, 0.5) is 10.5 Å². The van der Waals surface area contributed by atoms with Gasteiger partial charge in [0.15, 0.2) is 0 Å². The van der Waals surface area contributed by atoms with Gasteiger partial charge in [0, 0.05) is 31.9 Å². The molecule has 1 spiro atoms. The third-order valence-corrected chi connectivity index (χ3v) is 6.78.